The lowest BCUT2D eigenvalue weighted by Crippen LogP contribution is -2.38. The fourth-order valence-corrected chi connectivity index (χ4v) is 3.64. The number of pyridine rings is 1. The van der Waals surface area contributed by atoms with E-state index >= 15 is 0 Å². The van der Waals surface area contributed by atoms with E-state index < -0.39 is 15.9 Å². The van der Waals surface area contributed by atoms with Gasteiger partial charge >= 0.3 is 0 Å². The standard InChI is InChI=1S/C22H39NO5S/c1-4-6-8-10-17-27-22(3,28-18-11-9-7-5-2)21-14-12-15-23(20-21)16-13-19-29(24,25)26/h12,14-15,20H,4-11,13,16-19H2,1-3H3/q+1. The van der Waals surface area contributed by atoms with Crippen LogP contribution in [0.5, 0.6) is 0 Å². The van der Waals surface area contributed by atoms with E-state index in [1.54, 1.807) is 0 Å². The molecular weight excluding hydrogens is 390 g/mol. The molecule has 1 heterocycles. The Kier molecular flexibility index (Phi) is 12.6. The first-order chi connectivity index (χ1) is 13.8. The molecule has 0 saturated carbocycles. The van der Waals surface area contributed by atoms with E-state index in [9.17, 15) is 13.0 Å². The summed E-state index contributed by atoms with van der Waals surface area (Å²) in [6, 6.07) is 3.87. The molecule has 0 aliphatic carbocycles. The van der Waals surface area contributed by atoms with Gasteiger partial charge in [0.1, 0.15) is 6.54 Å². The van der Waals surface area contributed by atoms with Crippen LogP contribution in [0.15, 0.2) is 24.5 Å². The zero-order chi connectivity index (χ0) is 21.6. The van der Waals surface area contributed by atoms with Gasteiger partial charge in [0.05, 0.1) is 24.5 Å². The summed E-state index contributed by atoms with van der Waals surface area (Å²) >= 11 is 0. The Morgan fingerprint density at radius 3 is 2.03 bits per heavy atom. The van der Waals surface area contributed by atoms with E-state index in [0.717, 1.165) is 31.2 Å². The number of unbranched alkanes of at least 4 members (excludes halogenated alkanes) is 6. The average molecular weight is 430 g/mol. The number of nitrogens with zero attached hydrogens (tertiary/aromatic N) is 1. The Morgan fingerprint density at radius 1 is 0.931 bits per heavy atom. The highest BCUT2D eigenvalue weighted by Crippen LogP contribution is 2.27. The first kappa shape index (κ1) is 26.0. The van der Waals surface area contributed by atoms with Crippen molar-refractivity contribution in [3.63, 3.8) is 0 Å². The molecule has 0 aromatic carbocycles. The van der Waals surface area contributed by atoms with Gasteiger partial charge in [0.15, 0.2) is 18.2 Å². The molecule has 1 aromatic heterocycles. The summed E-state index contributed by atoms with van der Waals surface area (Å²) in [6.07, 6.45) is 13.1. The van der Waals surface area contributed by atoms with Crippen LogP contribution >= 0.6 is 0 Å². The molecular formula is C22H39NO5S+. The molecule has 0 spiro atoms. The minimum absolute atomic E-state index is 0.284. The zero-order valence-electron chi connectivity index (χ0n) is 18.4. The number of hydrogen-bond donors (Lipinski definition) is 0. The molecule has 0 amide bonds. The van der Waals surface area contributed by atoms with E-state index in [1.807, 2.05) is 36.0 Å². The van der Waals surface area contributed by atoms with Crippen LogP contribution in [0.3, 0.4) is 0 Å². The molecule has 0 fully saturated rings. The predicted molar refractivity (Wildman–Crippen MR) is 113 cm³/mol. The minimum atomic E-state index is -4.19. The predicted octanol–water partition coefficient (Wildman–Crippen LogP) is 4.49. The van der Waals surface area contributed by atoms with Crippen molar-refractivity contribution in [1.29, 1.82) is 0 Å². The highest BCUT2D eigenvalue weighted by Gasteiger charge is 2.31. The molecule has 0 unspecified atom stereocenters. The van der Waals surface area contributed by atoms with Gasteiger partial charge < -0.3 is 9.47 Å². The fraction of sp³-hybridized carbons (Fsp3) is 0.773. The highest BCUT2D eigenvalue weighted by molar-refractivity contribution is 7.85. The molecule has 0 saturated heterocycles. The zero-order valence-corrected chi connectivity index (χ0v) is 19.2. The molecule has 1 rings (SSSR count). The smallest absolute Gasteiger partial charge is 0.294 e. The summed E-state index contributed by atoms with van der Waals surface area (Å²) < 4.78 is 46.8. The molecule has 7 heteroatoms. The van der Waals surface area contributed by atoms with Crippen molar-refractivity contribution in [2.45, 2.75) is 90.9 Å². The molecule has 0 atom stereocenters. The van der Waals surface area contributed by atoms with Crippen molar-refractivity contribution < 1.29 is 27.0 Å². The maximum atomic E-state index is 10.8. The summed E-state index contributed by atoms with van der Waals surface area (Å²) in [4.78, 5) is 0. The lowest BCUT2D eigenvalue weighted by molar-refractivity contribution is -0.697. The summed E-state index contributed by atoms with van der Waals surface area (Å²) in [6.45, 7) is 8.05. The van der Waals surface area contributed by atoms with Crippen molar-refractivity contribution in [3.8, 4) is 0 Å². The van der Waals surface area contributed by atoms with Crippen LogP contribution in [0.25, 0.3) is 0 Å². The Bertz CT molecular complexity index is 649. The van der Waals surface area contributed by atoms with Gasteiger partial charge in [-0.1, -0.05) is 56.9 Å². The number of hydrogen-bond acceptors (Lipinski definition) is 4. The lowest BCUT2D eigenvalue weighted by atomic mass is 10.1. The van der Waals surface area contributed by atoms with Crippen molar-refractivity contribution in [3.05, 3.63) is 30.1 Å². The van der Waals surface area contributed by atoms with Crippen LogP contribution < -0.4 is 4.57 Å². The third-order valence-electron chi connectivity index (χ3n) is 4.94. The molecule has 0 N–H and O–H groups in total. The number of aromatic nitrogens is 1. The SMILES string of the molecule is CCCCCCOC(C)(OCCCCCC)c1ccc[n+](CCCS([O])(=O)=O)c1. The average Bonchev–Trinajstić information content (AvgIpc) is 2.67. The normalized spacial score (nSPS) is 12.4. The van der Waals surface area contributed by atoms with Crippen LogP contribution in [-0.2, 0) is 36.5 Å². The number of rotatable bonds is 17. The van der Waals surface area contributed by atoms with Gasteiger partial charge in [-0.2, -0.15) is 8.42 Å². The highest BCUT2D eigenvalue weighted by atomic mass is 32.2. The molecule has 167 valence electrons. The number of ether oxygens (including phenoxy) is 2. The molecule has 1 aromatic rings. The summed E-state index contributed by atoms with van der Waals surface area (Å²) in [5.41, 5.74) is 0.899. The second-order valence-corrected chi connectivity index (χ2v) is 9.23. The van der Waals surface area contributed by atoms with E-state index in [2.05, 4.69) is 13.8 Å². The molecule has 6 nitrogen and oxygen atoms in total. The van der Waals surface area contributed by atoms with E-state index in [4.69, 9.17) is 9.47 Å². The summed E-state index contributed by atoms with van der Waals surface area (Å²) in [5, 5.41) is 0. The largest absolute Gasteiger partial charge is 0.346 e. The Hall–Kier alpha value is -1.02. The summed E-state index contributed by atoms with van der Waals surface area (Å²) in [7, 11) is -4.19. The van der Waals surface area contributed by atoms with Crippen molar-refractivity contribution >= 4 is 10.1 Å². The van der Waals surface area contributed by atoms with Gasteiger partial charge in [0, 0.05) is 12.5 Å². The van der Waals surface area contributed by atoms with Gasteiger partial charge in [-0.15, -0.1) is 0 Å². The van der Waals surface area contributed by atoms with Gasteiger partial charge in [0.2, 0.25) is 0 Å². The van der Waals surface area contributed by atoms with Gasteiger partial charge in [-0.3, -0.25) is 0 Å². The monoisotopic (exact) mass is 429 g/mol. The van der Waals surface area contributed by atoms with E-state index in [-0.39, 0.29) is 12.2 Å². The number of aryl methyl sites for hydroxylation is 1. The Balaban J connectivity index is 2.76. The molecule has 0 bridgehead atoms. The second kappa shape index (κ2) is 14.1. The van der Waals surface area contributed by atoms with Crippen molar-refractivity contribution in [1.82, 2.24) is 0 Å². The maximum Gasteiger partial charge on any atom is 0.294 e. The van der Waals surface area contributed by atoms with Crippen LogP contribution in [-0.4, -0.2) is 27.4 Å². The Morgan fingerprint density at radius 2 is 1.52 bits per heavy atom. The first-order valence-electron chi connectivity index (χ1n) is 11.0. The topological polar surface area (TPSA) is 76.4 Å². The first-order valence-corrected chi connectivity index (χ1v) is 12.6. The van der Waals surface area contributed by atoms with E-state index in [1.165, 1.54) is 25.7 Å². The van der Waals surface area contributed by atoms with Gasteiger partial charge in [-0.05, 0) is 25.8 Å². The second-order valence-electron chi connectivity index (χ2n) is 7.71. The molecule has 0 aliphatic rings. The molecule has 29 heavy (non-hydrogen) atoms. The van der Waals surface area contributed by atoms with Crippen LogP contribution in [0.1, 0.15) is 84.1 Å². The Labute approximate surface area is 177 Å². The maximum absolute atomic E-state index is 10.8. The van der Waals surface area contributed by atoms with Gasteiger partial charge in [-0.25, -0.2) is 4.57 Å². The van der Waals surface area contributed by atoms with Crippen LogP contribution in [0.2, 0.25) is 0 Å². The minimum Gasteiger partial charge on any atom is -0.346 e. The fourth-order valence-electron chi connectivity index (χ4n) is 3.15. The molecule has 1 radical (unpaired) electrons. The molecule has 0 aliphatic heterocycles. The van der Waals surface area contributed by atoms with Crippen LogP contribution in [0, 0.1) is 0 Å². The quantitative estimate of drug-likeness (QED) is 0.208. The van der Waals surface area contributed by atoms with Crippen molar-refractivity contribution in [2.75, 3.05) is 19.0 Å². The third kappa shape index (κ3) is 11.7. The van der Waals surface area contributed by atoms with Gasteiger partial charge in [0.25, 0.3) is 10.1 Å². The lowest BCUT2D eigenvalue weighted by Gasteiger charge is -2.29. The van der Waals surface area contributed by atoms with Crippen LogP contribution in [0.4, 0.5) is 0 Å². The van der Waals surface area contributed by atoms with Crippen molar-refractivity contribution in [2.24, 2.45) is 0 Å². The van der Waals surface area contributed by atoms with E-state index in [0.29, 0.717) is 19.8 Å². The third-order valence-corrected chi connectivity index (χ3v) is 5.73. The summed E-state index contributed by atoms with van der Waals surface area (Å²) in [5.74, 6) is -1.20.